The van der Waals surface area contributed by atoms with Gasteiger partial charge in [-0.1, -0.05) is 18.2 Å². The minimum atomic E-state index is -0.960. The highest BCUT2D eigenvalue weighted by Gasteiger charge is 2.17. The number of hydrogen-bond donors (Lipinski definition) is 2. The van der Waals surface area contributed by atoms with E-state index >= 15 is 0 Å². The Balaban J connectivity index is 2.20. The number of aryl methyl sites for hydroxylation is 2. The summed E-state index contributed by atoms with van der Waals surface area (Å²) < 4.78 is 1.73. The van der Waals surface area contributed by atoms with Crippen LogP contribution in [-0.4, -0.2) is 20.7 Å². The Morgan fingerprint density at radius 3 is 2.71 bits per heavy atom. The number of benzene rings is 1. The first-order chi connectivity index (χ1) is 10.1. The molecule has 0 unspecified atom stereocenters. The number of aromatic nitrogens is 2. The largest absolute Gasteiger partial charge is 0.478 e. The minimum absolute atomic E-state index is 0.240. The summed E-state index contributed by atoms with van der Waals surface area (Å²) in [5, 5.41) is 16.9. The van der Waals surface area contributed by atoms with Crippen LogP contribution in [-0.2, 0) is 0 Å². The second-order valence-electron chi connectivity index (χ2n) is 4.93. The standard InChI is InChI=1S/C16H15N3O2/c1-10-5-3-4-6-14(10)18-15-11(2)19-12(7-8-17-19)9-13(15)16(20)21/h3-9,18H,1-2H3,(H,20,21). The van der Waals surface area contributed by atoms with E-state index in [1.165, 1.54) is 0 Å². The Hall–Kier alpha value is -2.82. The number of rotatable bonds is 3. The van der Waals surface area contributed by atoms with Crippen LogP contribution >= 0.6 is 0 Å². The van der Waals surface area contributed by atoms with E-state index in [0.717, 1.165) is 22.5 Å². The summed E-state index contributed by atoms with van der Waals surface area (Å²) in [5.41, 5.74) is 4.26. The maximum atomic E-state index is 11.5. The lowest BCUT2D eigenvalue weighted by Gasteiger charge is -2.15. The average molecular weight is 281 g/mol. The first-order valence-electron chi connectivity index (χ1n) is 6.61. The Labute approximate surface area is 121 Å². The van der Waals surface area contributed by atoms with Gasteiger partial charge in [-0.2, -0.15) is 5.10 Å². The third-order valence-electron chi connectivity index (χ3n) is 3.55. The van der Waals surface area contributed by atoms with Crippen LogP contribution in [0.4, 0.5) is 11.4 Å². The van der Waals surface area contributed by atoms with Gasteiger partial charge in [0.15, 0.2) is 0 Å². The Morgan fingerprint density at radius 1 is 1.24 bits per heavy atom. The van der Waals surface area contributed by atoms with Gasteiger partial charge in [-0.25, -0.2) is 9.31 Å². The molecule has 5 nitrogen and oxygen atoms in total. The molecule has 2 N–H and O–H groups in total. The zero-order chi connectivity index (χ0) is 15.0. The lowest BCUT2D eigenvalue weighted by atomic mass is 10.1. The van der Waals surface area contributed by atoms with E-state index in [4.69, 9.17) is 0 Å². The number of carbonyl (C=O) groups is 1. The molecule has 0 atom stereocenters. The summed E-state index contributed by atoms with van der Waals surface area (Å²) in [6, 6.07) is 11.2. The molecule has 5 heteroatoms. The summed E-state index contributed by atoms with van der Waals surface area (Å²) in [6.07, 6.45) is 1.66. The molecule has 0 spiro atoms. The SMILES string of the molecule is Cc1ccccc1Nc1c(C(=O)O)cc2ccnn2c1C. The fraction of sp³-hybridized carbons (Fsp3) is 0.125. The summed E-state index contributed by atoms with van der Waals surface area (Å²) in [7, 11) is 0. The van der Waals surface area contributed by atoms with Crippen LogP contribution in [0, 0.1) is 13.8 Å². The molecule has 3 rings (SSSR count). The molecule has 2 heterocycles. The van der Waals surface area contributed by atoms with Crippen LogP contribution in [0.25, 0.3) is 5.52 Å². The number of nitrogens with one attached hydrogen (secondary N) is 1. The number of hydrogen-bond acceptors (Lipinski definition) is 3. The van der Waals surface area contributed by atoms with Crippen molar-refractivity contribution in [3.05, 3.63) is 59.4 Å². The predicted octanol–water partition coefficient (Wildman–Crippen LogP) is 3.39. The summed E-state index contributed by atoms with van der Waals surface area (Å²) in [4.78, 5) is 11.5. The molecule has 1 aromatic carbocycles. The lowest BCUT2D eigenvalue weighted by molar-refractivity contribution is 0.0698. The second kappa shape index (κ2) is 4.94. The molecule has 3 aromatic rings. The van der Waals surface area contributed by atoms with Gasteiger partial charge in [0.05, 0.1) is 22.5 Å². The van der Waals surface area contributed by atoms with E-state index in [-0.39, 0.29) is 5.56 Å². The van der Waals surface area contributed by atoms with Gasteiger partial charge < -0.3 is 10.4 Å². The van der Waals surface area contributed by atoms with E-state index in [0.29, 0.717) is 5.69 Å². The minimum Gasteiger partial charge on any atom is -0.478 e. The lowest BCUT2D eigenvalue weighted by Crippen LogP contribution is -2.09. The van der Waals surface area contributed by atoms with Crippen molar-refractivity contribution in [3.8, 4) is 0 Å². The fourth-order valence-corrected chi connectivity index (χ4v) is 2.40. The highest BCUT2D eigenvalue weighted by Crippen LogP contribution is 2.28. The molecule has 0 saturated carbocycles. The smallest absolute Gasteiger partial charge is 0.337 e. The van der Waals surface area contributed by atoms with E-state index < -0.39 is 5.97 Å². The van der Waals surface area contributed by atoms with E-state index in [2.05, 4.69) is 10.4 Å². The first-order valence-corrected chi connectivity index (χ1v) is 6.61. The molecule has 21 heavy (non-hydrogen) atoms. The summed E-state index contributed by atoms with van der Waals surface area (Å²) >= 11 is 0. The van der Waals surface area contributed by atoms with Crippen LogP contribution in [0.15, 0.2) is 42.6 Å². The maximum absolute atomic E-state index is 11.5. The third kappa shape index (κ3) is 2.23. The van der Waals surface area contributed by atoms with Crippen molar-refractivity contribution in [2.45, 2.75) is 13.8 Å². The van der Waals surface area contributed by atoms with Crippen LogP contribution in [0.2, 0.25) is 0 Å². The summed E-state index contributed by atoms with van der Waals surface area (Å²) in [6.45, 7) is 3.83. The van der Waals surface area contributed by atoms with Gasteiger partial charge >= 0.3 is 5.97 Å². The van der Waals surface area contributed by atoms with Crippen LogP contribution in [0.5, 0.6) is 0 Å². The molecule has 0 aliphatic carbocycles. The van der Waals surface area contributed by atoms with Crippen molar-refractivity contribution in [2.75, 3.05) is 5.32 Å². The van der Waals surface area contributed by atoms with Crippen molar-refractivity contribution in [1.29, 1.82) is 0 Å². The number of fused-ring (bicyclic) bond motifs is 1. The zero-order valence-corrected chi connectivity index (χ0v) is 11.8. The molecule has 0 aliphatic rings. The monoisotopic (exact) mass is 281 g/mol. The topological polar surface area (TPSA) is 66.6 Å². The number of carboxylic acids is 1. The van der Waals surface area contributed by atoms with E-state index in [1.807, 2.05) is 38.1 Å². The van der Waals surface area contributed by atoms with E-state index in [9.17, 15) is 9.90 Å². The summed E-state index contributed by atoms with van der Waals surface area (Å²) in [5.74, 6) is -0.960. The molecule has 106 valence electrons. The molecule has 0 saturated heterocycles. The highest BCUT2D eigenvalue weighted by atomic mass is 16.4. The molecule has 0 amide bonds. The highest BCUT2D eigenvalue weighted by molar-refractivity contribution is 5.97. The predicted molar refractivity (Wildman–Crippen MR) is 81.4 cm³/mol. The number of aromatic carboxylic acids is 1. The van der Waals surface area contributed by atoms with Crippen molar-refractivity contribution < 1.29 is 9.90 Å². The molecular formula is C16H15N3O2. The molecular weight excluding hydrogens is 266 g/mol. The second-order valence-corrected chi connectivity index (χ2v) is 4.93. The Bertz CT molecular complexity index is 837. The van der Waals surface area contributed by atoms with Crippen LogP contribution in [0.1, 0.15) is 21.6 Å². The number of para-hydroxylation sites is 1. The average Bonchev–Trinajstić information content (AvgIpc) is 2.92. The van der Waals surface area contributed by atoms with E-state index in [1.54, 1.807) is 22.8 Å². The van der Waals surface area contributed by atoms with Gasteiger partial charge in [0, 0.05) is 11.9 Å². The number of pyridine rings is 1. The van der Waals surface area contributed by atoms with Gasteiger partial charge in [0.2, 0.25) is 0 Å². The molecule has 0 fully saturated rings. The third-order valence-corrected chi connectivity index (χ3v) is 3.55. The van der Waals surface area contributed by atoms with Gasteiger partial charge in [-0.3, -0.25) is 0 Å². The van der Waals surface area contributed by atoms with Crippen LogP contribution in [0.3, 0.4) is 0 Å². The first kappa shape index (κ1) is 13.2. The van der Waals surface area contributed by atoms with Gasteiger partial charge in [0.25, 0.3) is 0 Å². The maximum Gasteiger partial charge on any atom is 0.337 e. The number of nitrogens with zero attached hydrogens (tertiary/aromatic N) is 2. The van der Waals surface area contributed by atoms with Gasteiger partial charge in [-0.15, -0.1) is 0 Å². The van der Waals surface area contributed by atoms with Crippen molar-refractivity contribution in [1.82, 2.24) is 9.61 Å². The molecule has 2 aromatic heterocycles. The van der Waals surface area contributed by atoms with Crippen molar-refractivity contribution in [3.63, 3.8) is 0 Å². The quantitative estimate of drug-likeness (QED) is 0.772. The van der Waals surface area contributed by atoms with Crippen molar-refractivity contribution >= 4 is 22.9 Å². The fourth-order valence-electron chi connectivity index (χ4n) is 2.40. The normalized spacial score (nSPS) is 10.8. The Morgan fingerprint density at radius 2 is 2.00 bits per heavy atom. The van der Waals surface area contributed by atoms with Gasteiger partial charge in [0.1, 0.15) is 0 Å². The molecule has 0 aliphatic heterocycles. The number of anilines is 2. The Kier molecular flexibility index (Phi) is 3.10. The zero-order valence-electron chi connectivity index (χ0n) is 11.8. The van der Waals surface area contributed by atoms with Gasteiger partial charge in [-0.05, 0) is 37.6 Å². The number of carboxylic acid groups (broad SMARTS) is 1. The molecule has 0 bridgehead atoms. The van der Waals surface area contributed by atoms with Crippen LogP contribution < -0.4 is 5.32 Å². The molecule has 0 radical (unpaired) electrons. The van der Waals surface area contributed by atoms with Crippen molar-refractivity contribution in [2.24, 2.45) is 0 Å².